The van der Waals surface area contributed by atoms with Gasteiger partial charge in [-0.2, -0.15) is 0 Å². The van der Waals surface area contributed by atoms with Crippen molar-refractivity contribution in [2.45, 2.75) is 196 Å². The molecule has 0 radical (unpaired) electrons. The molecule has 0 saturated heterocycles. The summed E-state index contributed by atoms with van der Waals surface area (Å²) in [7, 11) is 0. The number of ether oxygens (including phenoxy) is 9. The predicted molar refractivity (Wildman–Crippen MR) is 516 cm³/mol. The Kier molecular flexibility index (Phi) is 35.7. The molecule has 21 nitrogen and oxygen atoms in total. The molecule has 21 heteroatoms. The Morgan fingerprint density at radius 3 is 0.985 bits per heavy atom. The first-order chi connectivity index (χ1) is 64.0. The summed E-state index contributed by atoms with van der Waals surface area (Å²) in [6, 6.07) is 83.5. The number of nitrogens with zero attached hydrogens (tertiary/aromatic N) is 3. The van der Waals surface area contributed by atoms with Crippen molar-refractivity contribution >= 4 is 17.9 Å². The van der Waals surface area contributed by atoms with Gasteiger partial charge in [0.2, 0.25) is 0 Å². The molecule has 0 bridgehead atoms. The van der Waals surface area contributed by atoms with Gasteiger partial charge in [-0.05, 0) is 186 Å². The van der Waals surface area contributed by atoms with Gasteiger partial charge in [0.25, 0.3) is 0 Å². The van der Waals surface area contributed by atoms with Gasteiger partial charge in [-0.15, -0.1) is 0 Å². The number of benzene rings is 12. The number of rotatable bonds is 42. The largest absolute Gasteiger partial charge is 0.493 e. The molecule has 12 aromatic rings. The number of carbonyl (C=O) groups is 3. The second kappa shape index (κ2) is 48.8. The number of aliphatic carboxylic acids is 3. The van der Waals surface area contributed by atoms with Crippen LogP contribution in [0.1, 0.15) is 155 Å². The lowest BCUT2D eigenvalue weighted by atomic mass is 9.89. The summed E-state index contributed by atoms with van der Waals surface area (Å²) in [5, 5.41) is 28.5. The smallest absolute Gasteiger partial charge is 0.320 e. The van der Waals surface area contributed by atoms with E-state index in [1.54, 1.807) is 0 Å². The molecule has 9 N–H and O–H groups in total. The number of carboxylic acid groups (broad SMARTS) is 3. The Morgan fingerprint density at radius 2 is 0.614 bits per heavy atom. The summed E-state index contributed by atoms with van der Waals surface area (Å²) in [4.78, 5) is 41.5. The van der Waals surface area contributed by atoms with E-state index < -0.39 is 36.0 Å². The molecule has 0 aromatic heterocycles. The Balaban J connectivity index is 0.000000168. The molecular formula is C111H126N6O15. The number of hydrogen-bond donors (Lipinski definition) is 6. The van der Waals surface area contributed by atoms with Crippen LogP contribution < -0.4 is 59.8 Å². The number of fused-ring (bicyclic) bond motifs is 3. The van der Waals surface area contributed by atoms with Crippen LogP contribution in [-0.4, -0.2) is 106 Å². The minimum atomic E-state index is -1.02. The van der Waals surface area contributed by atoms with Crippen molar-refractivity contribution in [2.75, 3.05) is 39.5 Å². The number of aryl methyl sites for hydroxylation is 8. The van der Waals surface area contributed by atoms with E-state index in [2.05, 4.69) is 190 Å². The number of nitrogens with two attached hydrogens (primary N) is 3. The highest BCUT2D eigenvalue weighted by Gasteiger charge is 2.28. The summed E-state index contributed by atoms with van der Waals surface area (Å²) >= 11 is 0. The molecule has 2 aliphatic heterocycles. The first kappa shape index (κ1) is 96.6. The van der Waals surface area contributed by atoms with Gasteiger partial charge in [0.15, 0.2) is 11.5 Å². The van der Waals surface area contributed by atoms with Crippen molar-refractivity contribution in [3.8, 4) is 51.7 Å². The molecule has 1 aliphatic carbocycles. The number of para-hydroxylation sites is 3. The van der Waals surface area contributed by atoms with Crippen molar-refractivity contribution in [1.82, 2.24) is 14.7 Å². The lowest BCUT2D eigenvalue weighted by molar-refractivity contribution is -0.139. The van der Waals surface area contributed by atoms with Crippen molar-refractivity contribution in [3.05, 3.63) is 372 Å². The van der Waals surface area contributed by atoms with Gasteiger partial charge < -0.3 is 75.2 Å². The van der Waals surface area contributed by atoms with Gasteiger partial charge in [0.05, 0.1) is 6.61 Å². The lowest BCUT2D eigenvalue weighted by Crippen LogP contribution is -2.35. The average Bonchev–Trinajstić information content (AvgIpc) is 0.751. The highest BCUT2D eigenvalue weighted by molar-refractivity contribution is 5.74. The lowest BCUT2D eigenvalue weighted by Gasteiger charge is -2.29. The normalized spacial score (nSPS) is 13.2. The van der Waals surface area contributed by atoms with Gasteiger partial charge in [-0.1, -0.05) is 240 Å². The summed E-state index contributed by atoms with van der Waals surface area (Å²) in [5.74, 6) is 3.99. The molecule has 3 atom stereocenters. The van der Waals surface area contributed by atoms with Crippen molar-refractivity contribution in [3.63, 3.8) is 0 Å². The van der Waals surface area contributed by atoms with Crippen LogP contribution in [0.2, 0.25) is 0 Å². The molecule has 690 valence electrons. The van der Waals surface area contributed by atoms with Gasteiger partial charge >= 0.3 is 17.9 Å². The third-order valence-electron chi connectivity index (χ3n) is 23.8. The van der Waals surface area contributed by atoms with Crippen LogP contribution in [0.25, 0.3) is 0 Å². The van der Waals surface area contributed by atoms with Crippen LogP contribution >= 0.6 is 0 Å². The quantitative estimate of drug-likeness (QED) is 0.0207. The summed E-state index contributed by atoms with van der Waals surface area (Å²) in [6.07, 6.45) is 7.29. The zero-order valence-corrected chi connectivity index (χ0v) is 76.9. The van der Waals surface area contributed by atoms with E-state index in [-0.39, 0.29) is 6.42 Å². The Morgan fingerprint density at radius 1 is 0.303 bits per heavy atom. The minimum absolute atomic E-state index is 0.283. The van der Waals surface area contributed by atoms with Crippen molar-refractivity contribution < 1.29 is 72.3 Å². The topological polar surface area (TPSA) is 283 Å². The molecule has 2 heterocycles. The van der Waals surface area contributed by atoms with Gasteiger partial charge in [-0.3, -0.25) is 29.1 Å². The third kappa shape index (κ3) is 29.5. The van der Waals surface area contributed by atoms with E-state index in [9.17, 15) is 29.7 Å². The molecule has 0 amide bonds. The van der Waals surface area contributed by atoms with Crippen LogP contribution in [0.5, 0.6) is 51.7 Å². The van der Waals surface area contributed by atoms with E-state index in [4.69, 9.17) is 59.8 Å². The zero-order chi connectivity index (χ0) is 92.7. The third-order valence-corrected chi connectivity index (χ3v) is 23.8. The van der Waals surface area contributed by atoms with Gasteiger partial charge in [0, 0.05) is 104 Å². The van der Waals surface area contributed by atoms with Crippen LogP contribution in [0.4, 0.5) is 0 Å². The summed E-state index contributed by atoms with van der Waals surface area (Å²) in [5.41, 5.74) is 41.7. The monoisotopic (exact) mass is 1780 g/mol. The Labute approximate surface area is 776 Å². The van der Waals surface area contributed by atoms with E-state index in [0.717, 1.165) is 138 Å². The number of hydrogen-bond acceptors (Lipinski definition) is 18. The fourth-order valence-corrected chi connectivity index (χ4v) is 16.8. The predicted octanol–water partition coefficient (Wildman–Crippen LogP) is 19.8. The Hall–Kier alpha value is -13.0. The maximum Gasteiger partial charge on any atom is 0.320 e. The molecule has 3 aliphatic rings. The highest BCUT2D eigenvalue weighted by atomic mass is 16.6. The SMILES string of the molecule is Cc1cccc(COc2ccccc2CN(CC[C@H](N)C(=O)O)Cc2c(OCc3cccc(C)c3)ccc3c2CCCO3)c1.Cc1cccc(COc2ccccc2CN(CC[C@H](N)C(=O)O)Cc2cc3c(cc2OCc2cccc(C)c2)CCCC3)c1.Cc1cccc(COc2ccccc2CN(CC[C@H](N)C(=O)O)Cc2cc3c(cc2OCc2cccc(C)c2)OCCO3)c1. The molecule has 0 spiro atoms. The standard InChI is InChI=1S/C38H44N2O4.C37H42N2O5.C36H40N2O6/c1-27-9-7-11-29(19-27)25-43-36-16-6-5-15-33(36)23-40(18-17-35(39)38(41)42)24-34-21-31-13-3-4-14-32(31)22-37(34)44-26-30-12-8-10-28(2)20-30;1-26-8-5-10-28(20-26)24-43-34-14-4-3-12-30(34)22-39(18-17-33(38)37(40)41)23-32-31-13-7-19-42-35(31)15-16-36(32)44-25-29-11-6-9-27(2)21-29;1-25-7-5-9-27(17-25)23-43-32-12-4-3-11-29(32)21-38(14-13-31(37)36(39)40)22-30-19-34-35(42-16-15-41-34)20-33(30)44-24-28-10-6-8-26(2)18-28/h5-12,15-16,19-22,35H,3-4,13-14,17-18,23-26,39H2,1-2H3,(H,41,42);3-6,8-12,14-16,20-21,33H,7,13,17-19,22-25,38H2,1-2H3,(H,40,41);3-12,17-20,31H,13-16,21-24,37H2,1-2H3,(H,39,40)/t35-;33-;31-/m000/s1. The highest BCUT2D eigenvalue weighted by Crippen LogP contribution is 2.41. The van der Waals surface area contributed by atoms with E-state index in [0.29, 0.717) is 148 Å². The maximum absolute atomic E-state index is 11.6. The van der Waals surface area contributed by atoms with E-state index in [1.165, 1.54) is 51.8 Å². The second-order valence-electron chi connectivity index (χ2n) is 34.8. The fourth-order valence-electron chi connectivity index (χ4n) is 16.8. The Bertz CT molecular complexity index is 5520. The summed E-state index contributed by atoms with van der Waals surface area (Å²) < 4.78 is 56.1. The van der Waals surface area contributed by atoms with Crippen LogP contribution in [0.3, 0.4) is 0 Å². The molecule has 15 rings (SSSR count). The molecule has 0 saturated carbocycles. The molecular weight excluding hydrogens is 1660 g/mol. The van der Waals surface area contributed by atoms with Gasteiger partial charge in [-0.25, -0.2) is 0 Å². The van der Waals surface area contributed by atoms with Crippen molar-refractivity contribution in [2.24, 2.45) is 17.2 Å². The number of carboxylic acids is 3. The molecule has 0 fully saturated rings. The van der Waals surface area contributed by atoms with Crippen LogP contribution in [-0.2, 0) is 113 Å². The van der Waals surface area contributed by atoms with Crippen molar-refractivity contribution in [1.29, 1.82) is 0 Å². The second-order valence-corrected chi connectivity index (χ2v) is 34.8. The first-order valence-corrected chi connectivity index (χ1v) is 45.8. The average molecular weight is 1780 g/mol. The first-order valence-electron chi connectivity index (χ1n) is 45.8. The zero-order valence-electron chi connectivity index (χ0n) is 76.9. The fraction of sp³-hybridized carbons (Fsp3) is 0.324. The van der Waals surface area contributed by atoms with E-state index in [1.807, 2.05) is 121 Å². The van der Waals surface area contributed by atoms with E-state index >= 15 is 0 Å². The van der Waals surface area contributed by atoms with Crippen LogP contribution in [0, 0.1) is 41.5 Å². The maximum atomic E-state index is 11.6. The molecule has 0 unspecified atom stereocenters. The molecule has 12 aromatic carbocycles. The summed E-state index contributed by atoms with van der Waals surface area (Å²) in [6.45, 7) is 21.6. The molecule has 132 heavy (non-hydrogen) atoms. The van der Waals surface area contributed by atoms with Gasteiger partial charge in [0.1, 0.15) is 111 Å². The van der Waals surface area contributed by atoms with Crippen LogP contribution in [0.15, 0.2) is 255 Å². The minimum Gasteiger partial charge on any atom is -0.493 e.